The third kappa shape index (κ3) is 4.34. The lowest BCUT2D eigenvalue weighted by Gasteiger charge is -2.11. The molecule has 100 valence electrons. The van der Waals surface area contributed by atoms with Crippen LogP contribution < -0.4 is 5.32 Å². The number of carboxylic acid groups (broad SMARTS) is 1. The number of carbonyl (C=O) groups excluding carboxylic acids is 1. The van der Waals surface area contributed by atoms with Crippen molar-refractivity contribution in [2.75, 3.05) is 6.54 Å². The fourth-order valence-corrected chi connectivity index (χ4v) is 2.38. The largest absolute Gasteiger partial charge is 0.478 e. The molecule has 1 aromatic carbocycles. The smallest absolute Gasteiger partial charge is 0.335 e. The first-order valence-corrected chi connectivity index (χ1v) is 6.55. The zero-order chi connectivity index (χ0) is 14.4. The second-order valence-corrected chi connectivity index (χ2v) is 5.38. The van der Waals surface area contributed by atoms with Crippen molar-refractivity contribution in [3.8, 4) is 12.3 Å². The van der Waals surface area contributed by atoms with Crippen molar-refractivity contribution in [2.24, 2.45) is 0 Å². The fraction of sp³-hybridized carbons (Fsp3) is 0.286. The molecule has 0 radical (unpaired) electrons. The van der Waals surface area contributed by atoms with Crippen molar-refractivity contribution < 1.29 is 14.7 Å². The van der Waals surface area contributed by atoms with Crippen LogP contribution in [-0.4, -0.2) is 28.8 Å². The summed E-state index contributed by atoms with van der Waals surface area (Å²) in [7, 11) is 0. The predicted molar refractivity (Wildman–Crippen MR) is 75.3 cm³/mol. The van der Waals surface area contributed by atoms with Crippen LogP contribution in [0.2, 0.25) is 0 Å². The first kappa shape index (κ1) is 15.1. The number of carboxylic acids is 1. The fourth-order valence-electron chi connectivity index (χ4n) is 1.44. The van der Waals surface area contributed by atoms with Crippen molar-refractivity contribution in [3.63, 3.8) is 0 Å². The van der Waals surface area contributed by atoms with Gasteiger partial charge in [0.05, 0.1) is 17.4 Å². The number of terminal acetylenes is 1. The molecule has 0 saturated heterocycles. The minimum atomic E-state index is -0.968. The number of amides is 1. The van der Waals surface area contributed by atoms with Crippen LogP contribution in [0.5, 0.6) is 0 Å². The highest BCUT2D eigenvalue weighted by Gasteiger charge is 2.15. The van der Waals surface area contributed by atoms with Crippen molar-refractivity contribution >= 4 is 23.6 Å². The van der Waals surface area contributed by atoms with Crippen LogP contribution in [-0.2, 0) is 4.79 Å². The molecule has 1 atom stereocenters. The number of aryl methyl sites for hydroxylation is 1. The Labute approximate surface area is 116 Å². The van der Waals surface area contributed by atoms with Gasteiger partial charge in [-0.2, -0.15) is 0 Å². The molecule has 0 aromatic heterocycles. The summed E-state index contributed by atoms with van der Waals surface area (Å²) in [6, 6.07) is 5.11. The Bertz CT molecular complexity index is 534. The Morgan fingerprint density at radius 1 is 1.53 bits per heavy atom. The van der Waals surface area contributed by atoms with E-state index in [1.165, 1.54) is 11.8 Å². The first-order chi connectivity index (χ1) is 8.95. The Morgan fingerprint density at radius 2 is 2.21 bits per heavy atom. The van der Waals surface area contributed by atoms with Crippen LogP contribution in [0.1, 0.15) is 22.8 Å². The van der Waals surface area contributed by atoms with Gasteiger partial charge in [-0.05, 0) is 31.5 Å². The Kier molecular flexibility index (Phi) is 5.46. The van der Waals surface area contributed by atoms with Crippen molar-refractivity contribution in [3.05, 3.63) is 29.3 Å². The lowest BCUT2D eigenvalue weighted by atomic mass is 10.1. The van der Waals surface area contributed by atoms with E-state index in [0.717, 1.165) is 4.90 Å². The second kappa shape index (κ2) is 6.86. The molecule has 0 bridgehead atoms. The Balaban J connectivity index is 2.77. The molecule has 0 aliphatic rings. The zero-order valence-electron chi connectivity index (χ0n) is 10.8. The van der Waals surface area contributed by atoms with E-state index in [1.807, 2.05) is 0 Å². The van der Waals surface area contributed by atoms with Crippen molar-refractivity contribution in [1.82, 2.24) is 5.32 Å². The maximum atomic E-state index is 11.6. The highest BCUT2D eigenvalue weighted by atomic mass is 32.2. The third-order valence-corrected chi connectivity index (χ3v) is 3.58. The van der Waals surface area contributed by atoms with Crippen molar-refractivity contribution in [1.29, 1.82) is 0 Å². The molecular formula is C14H15NO3S. The predicted octanol–water partition coefficient (Wildman–Crippen LogP) is 1.92. The van der Waals surface area contributed by atoms with E-state index in [2.05, 4.69) is 11.2 Å². The molecule has 19 heavy (non-hydrogen) atoms. The molecule has 0 fully saturated rings. The number of aromatic carboxylic acids is 1. The molecule has 0 saturated carbocycles. The van der Waals surface area contributed by atoms with Gasteiger partial charge in [0.2, 0.25) is 5.91 Å². The molecule has 0 spiro atoms. The summed E-state index contributed by atoms with van der Waals surface area (Å²) < 4.78 is 0. The molecular weight excluding hydrogens is 262 g/mol. The molecule has 4 nitrogen and oxygen atoms in total. The quantitative estimate of drug-likeness (QED) is 0.637. The van der Waals surface area contributed by atoms with Gasteiger partial charge in [-0.1, -0.05) is 12.0 Å². The van der Waals surface area contributed by atoms with E-state index in [0.29, 0.717) is 5.56 Å². The van der Waals surface area contributed by atoms with Crippen molar-refractivity contribution in [2.45, 2.75) is 24.0 Å². The molecule has 0 aliphatic heterocycles. The number of benzene rings is 1. The molecule has 1 amide bonds. The summed E-state index contributed by atoms with van der Waals surface area (Å²) in [6.45, 7) is 3.68. The maximum absolute atomic E-state index is 11.6. The average Bonchev–Trinajstić information content (AvgIpc) is 2.37. The molecule has 1 unspecified atom stereocenters. The molecule has 2 N–H and O–H groups in total. The molecule has 1 rings (SSSR count). The van der Waals surface area contributed by atoms with Crippen LogP contribution in [0.4, 0.5) is 0 Å². The monoisotopic (exact) mass is 277 g/mol. The maximum Gasteiger partial charge on any atom is 0.335 e. The summed E-state index contributed by atoms with van der Waals surface area (Å²) in [5.74, 6) is 1.20. The van der Waals surface area contributed by atoms with Gasteiger partial charge in [0, 0.05) is 4.90 Å². The van der Waals surface area contributed by atoms with Gasteiger partial charge in [-0.25, -0.2) is 4.79 Å². The van der Waals surface area contributed by atoms with E-state index in [4.69, 9.17) is 11.5 Å². The minimum absolute atomic E-state index is 0.166. The van der Waals surface area contributed by atoms with E-state index in [-0.39, 0.29) is 23.3 Å². The van der Waals surface area contributed by atoms with Crippen LogP contribution in [0.3, 0.4) is 0 Å². The topological polar surface area (TPSA) is 66.4 Å². The van der Waals surface area contributed by atoms with Crippen LogP contribution in [0.25, 0.3) is 0 Å². The molecule has 0 aliphatic carbocycles. The molecule has 5 heteroatoms. The van der Waals surface area contributed by atoms with Gasteiger partial charge in [-0.3, -0.25) is 4.79 Å². The lowest BCUT2D eigenvalue weighted by Crippen LogP contribution is -2.31. The average molecular weight is 277 g/mol. The number of hydrogen-bond donors (Lipinski definition) is 2. The number of carbonyl (C=O) groups is 2. The Morgan fingerprint density at radius 3 is 2.79 bits per heavy atom. The van der Waals surface area contributed by atoms with E-state index in [9.17, 15) is 9.59 Å². The van der Waals surface area contributed by atoms with Crippen LogP contribution >= 0.6 is 11.8 Å². The van der Waals surface area contributed by atoms with Gasteiger partial charge in [-0.15, -0.1) is 18.2 Å². The van der Waals surface area contributed by atoms with Gasteiger partial charge < -0.3 is 10.4 Å². The summed E-state index contributed by atoms with van der Waals surface area (Å²) >= 11 is 1.30. The summed E-state index contributed by atoms with van der Waals surface area (Å²) in [5.41, 5.74) is 0.947. The highest BCUT2D eigenvalue weighted by molar-refractivity contribution is 8.00. The highest BCUT2D eigenvalue weighted by Crippen LogP contribution is 2.25. The SMILES string of the molecule is C#CCNC(=O)C(C)Sc1ccc(C)c(C(=O)O)c1. The second-order valence-electron chi connectivity index (χ2n) is 3.96. The van der Waals surface area contributed by atoms with E-state index in [1.54, 1.807) is 32.0 Å². The van der Waals surface area contributed by atoms with Gasteiger partial charge in [0.25, 0.3) is 0 Å². The number of nitrogens with one attached hydrogen (secondary N) is 1. The summed E-state index contributed by atoms with van der Waals surface area (Å²) in [6.07, 6.45) is 5.06. The number of hydrogen-bond acceptors (Lipinski definition) is 3. The Hall–Kier alpha value is -1.93. The normalized spacial score (nSPS) is 11.4. The lowest BCUT2D eigenvalue weighted by molar-refractivity contribution is -0.120. The number of thioether (sulfide) groups is 1. The standard InChI is InChI=1S/C14H15NO3S/c1-4-7-15-13(16)10(3)19-11-6-5-9(2)12(8-11)14(17)18/h1,5-6,8,10H,7H2,2-3H3,(H,15,16)(H,17,18). The first-order valence-electron chi connectivity index (χ1n) is 5.67. The molecule has 0 heterocycles. The van der Waals surface area contributed by atoms with Gasteiger partial charge in [0.15, 0.2) is 0 Å². The minimum Gasteiger partial charge on any atom is -0.478 e. The zero-order valence-corrected chi connectivity index (χ0v) is 11.6. The summed E-state index contributed by atoms with van der Waals surface area (Å²) in [4.78, 5) is 23.4. The van der Waals surface area contributed by atoms with E-state index < -0.39 is 5.97 Å². The summed E-state index contributed by atoms with van der Waals surface area (Å²) in [5, 5.41) is 11.3. The van der Waals surface area contributed by atoms with Crippen LogP contribution in [0.15, 0.2) is 23.1 Å². The van der Waals surface area contributed by atoms with Crippen LogP contribution in [0, 0.1) is 19.3 Å². The van der Waals surface area contributed by atoms with Gasteiger partial charge >= 0.3 is 5.97 Å². The number of rotatable bonds is 5. The molecule has 1 aromatic rings. The van der Waals surface area contributed by atoms with Gasteiger partial charge in [0.1, 0.15) is 0 Å². The van der Waals surface area contributed by atoms with E-state index >= 15 is 0 Å². The third-order valence-electron chi connectivity index (χ3n) is 2.49.